The van der Waals surface area contributed by atoms with Crippen molar-refractivity contribution >= 4 is 35.0 Å². The van der Waals surface area contributed by atoms with E-state index in [9.17, 15) is 18.0 Å². The third-order valence-corrected chi connectivity index (χ3v) is 7.04. The van der Waals surface area contributed by atoms with Crippen LogP contribution in [-0.2, 0) is 11.8 Å². The lowest BCUT2D eigenvalue weighted by Crippen LogP contribution is -2.36. The average molecular weight is 512 g/mol. The van der Waals surface area contributed by atoms with Gasteiger partial charge in [0, 0.05) is 16.1 Å². The fourth-order valence-corrected chi connectivity index (χ4v) is 5.08. The fraction of sp³-hybridized carbons (Fsp3) is 0.240. The van der Waals surface area contributed by atoms with Gasteiger partial charge < -0.3 is 5.32 Å². The van der Waals surface area contributed by atoms with Crippen LogP contribution in [0.2, 0.25) is 5.02 Å². The molecule has 1 amide bonds. The van der Waals surface area contributed by atoms with Gasteiger partial charge in [0.1, 0.15) is 5.82 Å². The van der Waals surface area contributed by atoms with Crippen molar-refractivity contribution in [3.05, 3.63) is 81.6 Å². The van der Waals surface area contributed by atoms with E-state index in [1.807, 2.05) is 6.92 Å². The van der Waals surface area contributed by atoms with Gasteiger partial charge in [-0.2, -0.15) is 8.78 Å². The maximum absolute atomic E-state index is 13.4. The first-order chi connectivity index (χ1) is 16.1. The maximum atomic E-state index is 13.4. The molecule has 3 aromatic carbocycles. The number of halogens is 5. The monoisotopic (exact) mass is 511 g/mol. The number of nitrogens with one attached hydrogen (secondary N) is 1. The highest BCUT2D eigenvalue weighted by Crippen LogP contribution is 2.46. The number of carbonyl (C=O) groups is 1. The van der Waals surface area contributed by atoms with Crippen molar-refractivity contribution in [2.24, 2.45) is 0 Å². The molecule has 0 radical (unpaired) electrons. The molecule has 3 nitrogen and oxygen atoms in total. The zero-order valence-electron chi connectivity index (χ0n) is 18.6. The summed E-state index contributed by atoms with van der Waals surface area (Å²) in [6.07, 6.45) is 0.764. The minimum atomic E-state index is -2.58. The topological polar surface area (TPSA) is 49.3 Å². The second kappa shape index (κ2) is 10.4. The Bertz CT molecular complexity index is 1220. The standard InChI is InChI=1S/C25H21ClF3NOS.FHO/c1-13-17(14-4-6-15(27)7-5-14)11-19-18(12-25(19,2)3)22(13)23(31)30-16-8-9-21(20(26)10-16)32-24(28)29;1-2/h4-11,24H,12H2,1-3H3,(H,30,31);2H. The number of alkyl halides is 2. The van der Waals surface area contributed by atoms with Crippen molar-refractivity contribution in [1.82, 2.24) is 0 Å². The summed E-state index contributed by atoms with van der Waals surface area (Å²) in [5.74, 6) is -3.19. The predicted molar refractivity (Wildman–Crippen MR) is 128 cm³/mol. The largest absolute Gasteiger partial charge is 0.322 e. The third kappa shape index (κ3) is 5.24. The van der Waals surface area contributed by atoms with Crippen molar-refractivity contribution in [1.29, 1.82) is 0 Å². The molecule has 1 aliphatic rings. The van der Waals surface area contributed by atoms with E-state index in [0.29, 0.717) is 23.0 Å². The highest BCUT2D eigenvalue weighted by Gasteiger charge is 2.38. The summed E-state index contributed by atoms with van der Waals surface area (Å²) in [6, 6.07) is 12.8. The molecule has 0 heterocycles. The van der Waals surface area contributed by atoms with Gasteiger partial charge in [0.2, 0.25) is 0 Å². The summed E-state index contributed by atoms with van der Waals surface area (Å²) >= 11 is 6.48. The zero-order valence-corrected chi connectivity index (χ0v) is 20.1. The number of thioether (sulfide) groups is 1. The van der Waals surface area contributed by atoms with Gasteiger partial charge in [0.05, 0.1) is 5.02 Å². The maximum Gasteiger partial charge on any atom is 0.288 e. The minimum absolute atomic E-state index is 0.0652. The summed E-state index contributed by atoms with van der Waals surface area (Å²) in [5.41, 5.74) is 5.55. The van der Waals surface area contributed by atoms with E-state index in [2.05, 4.69) is 25.2 Å². The highest BCUT2D eigenvalue weighted by atomic mass is 35.5. The molecule has 0 aromatic heterocycles. The predicted octanol–water partition coefficient (Wildman–Crippen LogP) is 7.72. The Kier molecular flexibility index (Phi) is 7.95. The van der Waals surface area contributed by atoms with Crippen molar-refractivity contribution in [2.75, 3.05) is 5.32 Å². The molecule has 180 valence electrons. The Morgan fingerprint density at radius 1 is 1.12 bits per heavy atom. The van der Waals surface area contributed by atoms with E-state index in [1.54, 1.807) is 18.2 Å². The van der Waals surface area contributed by atoms with E-state index in [4.69, 9.17) is 21.4 Å². The Labute approximate surface area is 204 Å². The van der Waals surface area contributed by atoms with Crippen molar-refractivity contribution in [2.45, 2.75) is 43.3 Å². The van der Waals surface area contributed by atoms with Crippen molar-refractivity contribution < 1.29 is 27.8 Å². The van der Waals surface area contributed by atoms with Crippen molar-refractivity contribution in [3.63, 3.8) is 0 Å². The van der Waals surface area contributed by atoms with Crippen LogP contribution in [0.3, 0.4) is 0 Å². The van der Waals surface area contributed by atoms with Gasteiger partial charge in [0.25, 0.3) is 11.7 Å². The molecular weight excluding hydrogens is 490 g/mol. The van der Waals surface area contributed by atoms with Crippen LogP contribution in [0.15, 0.2) is 53.4 Å². The van der Waals surface area contributed by atoms with E-state index >= 15 is 0 Å². The van der Waals surface area contributed by atoms with Gasteiger partial charge in [-0.1, -0.05) is 59.9 Å². The van der Waals surface area contributed by atoms with Crippen LogP contribution in [-0.4, -0.2) is 17.0 Å². The van der Waals surface area contributed by atoms with Crippen LogP contribution in [0, 0.1) is 12.7 Å². The number of fused-ring (bicyclic) bond motifs is 1. The third-order valence-electron chi connectivity index (χ3n) is 5.83. The first-order valence-corrected chi connectivity index (χ1v) is 11.5. The number of amides is 1. The Hall–Kier alpha value is -2.55. The highest BCUT2D eigenvalue weighted by molar-refractivity contribution is 7.99. The molecule has 2 N–H and O–H groups in total. The lowest BCUT2D eigenvalue weighted by molar-refractivity contribution is -0.0441. The first-order valence-electron chi connectivity index (χ1n) is 10.2. The lowest BCUT2D eigenvalue weighted by Gasteiger charge is -2.41. The molecule has 0 saturated carbocycles. The second-order valence-electron chi connectivity index (χ2n) is 8.50. The number of benzene rings is 3. The van der Waals surface area contributed by atoms with Gasteiger partial charge in [-0.3, -0.25) is 4.79 Å². The fourth-order valence-electron chi connectivity index (χ4n) is 4.25. The number of carbonyl (C=O) groups excluding carboxylic acids is 1. The van der Waals surface area contributed by atoms with E-state index in [-0.39, 0.29) is 27.1 Å². The molecule has 0 bridgehead atoms. The minimum Gasteiger partial charge on any atom is -0.322 e. The summed E-state index contributed by atoms with van der Waals surface area (Å²) in [5, 5.41) is 8.51. The smallest absolute Gasteiger partial charge is 0.288 e. The summed E-state index contributed by atoms with van der Waals surface area (Å²) in [7, 11) is 0. The SMILES string of the molecule is Cc1c(-c2ccc(F)cc2)cc2c(c1C(=O)Nc1ccc(SC(F)F)c(Cl)c1)CC2(C)C.OF. The quantitative estimate of drug-likeness (QED) is 0.272. The number of hydrogen-bond donors (Lipinski definition) is 2. The van der Waals surface area contributed by atoms with E-state index in [0.717, 1.165) is 34.2 Å². The van der Waals surface area contributed by atoms with Crippen LogP contribution in [0.1, 0.15) is 40.9 Å². The van der Waals surface area contributed by atoms with Gasteiger partial charge in [-0.25, -0.2) is 9.70 Å². The first kappa shape index (κ1) is 26.1. The number of hydrogen-bond acceptors (Lipinski definition) is 3. The molecule has 0 unspecified atom stereocenters. The molecule has 3 aromatic rings. The van der Waals surface area contributed by atoms with Crippen LogP contribution in [0.25, 0.3) is 11.1 Å². The van der Waals surface area contributed by atoms with Gasteiger partial charge in [-0.05, 0) is 76.9 Å². The molecule has 0 saturated heterocycles. The molecule has 34 heavy (non-hydrogen) atoms. The summed E-state index contributed by atoms with van der Waals surface area (Å²) < 4.78 is 47.2. The van der Waals surface area contributed by atoms with Gasteiger partial charge >= 0.3 is 0 Å². The summed E-state index contributed by atoms with van der Waals surface area (Å²) in [6.45, 7) is 6.13. The number of anilines is 1. The summed E-state index contributed by atoms with van der Waals surface area (Å²) in [4.78, 5) is 13.6. The molecule has 0 aliphatic heterocycles. The molecule has 1 aliphatic carbocycles. The van der Waals surface area contributed by atoms with Crippen LogP contribution >= 0.6 is 23.4 Å². The molecular formula is C25H22ClF4NO2S. The Morgan fingerprint density at radius 2 is 1.76 bits per heavy atom. The molecule has 0 atom stereocenters. The normalized spacial score (nSPS) is 13.5. The van der Waals surface area contributed by atoms with Crippen LogP contribution in [0.4, 0.5) is 23.4 Å². The molecule has 0 spiro atoms. The van der Waals surface area contributed by atoms with Crippen LogP contribution in [0.5, 0.6) is 0 Å². The van der Waals surface area contributed by atoms with E-state index < -0.39 is 5.76 Å². The van der Waals surface area contributed by atoms with Gasteiger partial charge in [-0.15, -0.1) is 0 Å². The number of rotatable bonds is 5. The van der Waals surface area contributed by atoms with Crippen molar-refractivity contribution in [3.8, 4) is 11.1 Å². The second-order valence-corrected chi connectivity index (χ2v) is 9.93. The van der Waals surface area contributed by atoms with E-state index in [1.165, 1.54) is 24.3 Å². The zero-order chi connectivity index (χ0) is 25.2. The van der Waals surface area contributed by atoms with Crippen LogP contribution < -0.4 is 5.32 Å². The molecule has 0 fully saturated rings. The molecule has 9 heteroatoms. The van der Waals surface area contributed by atoms with Gasteiger partial charge in [0.15, 0.2) is 0 Å². The molecule has 4 rings (SSSR count). The Morgan fingerprint density at radius 3 is 2.32 bits per heavy atom. The average Bonchev–Trinajstić information content (AvgIpc) is 2.77. The lowest BCUT2D eigenvalue weighted by atomic mass is 9.63. The Balaban J connectivity index is 0.00000158.